The highest BCUT2D eigenvalue weighted by atomic mass is 16.5. The third-order valence-corrected chi connectivity index (χ3v) is 4.73. The third kappa shape index (κ3) is 2.73. The highest BCUT2D eigenvalue weighted by Crippen LogP contribution is 2.33. The fraction of sp³-hybridized carbons (Fsp3) is 0.421. The van der Waals surface area contributed by atoms with Crippen molar-refractivity contribution in [2.75, 3.05) is 7.11 Å². The highest BCUT2D eigenvalue weighted by Gasteiger charge is 2.38. The molecule has 21 heavy (non-hydrogen) atoms. The van der Waals surface area contributed by atoms with Crippen LogP contribution in [0.3, 0.4) is 0 Å². The molecule has 3 rings (SSSR count). The molecule has 2 heteroatoms. The monoisotopic (exact) mass is 282 g/mol. The summed E-state index contributed by atoms with van der Waals surface area (Å²) in [6, 6.07) is 14.1. The molecular formula is C19H22O2. The van der Waals surface area contributed by atoms with Crippen molar-refractivity contribution in [2.24, 2.45) is 0 Å². The van der Waals surface area contributed by atoms with E-state index in [1.165, 1.54) is 18.2 Å². The summed E-state index contributed by atoms with van der Waals surface area (Å²) in [4.78, 5) is 13.0. The lowest BCUT2D eigenvalue weighted by Crippen LogP contribution is -2.40. The second kappa shape index (κ2) is 5.98. The number of benzene rings is 2. The standard InChI is InChI=1S/C19H22O2/c1-21-19(12-6-2-3-7-13-19)18(20)17-11-10-15-8-4-5-9-16(15)14-17/h4-5,8-11,14H,2-3,6-7,12-13H2,1H3. The molecular weight excluding hydrogens is 260 g/mol. The molecule has 0 aromatic heterocycles. The van der Waals surface area contributed by atoms with E-state index >= 15 is 0 Å². The number of hydrogen-bond donors (Lipinski definition) is 0. The summed E-state index contributed by atoms with van der Waals surface area (Å²) >= 11 is 0. The minimum absolute atomic E-state index is 0.151. The molecule has 1 aliphatic rings. The molecule has 0 amide bonds. The molecule has 1 fully saturated rings. The highest BCUT2D eigenvalue weighted by molar-refractivity contribution is 6.05. The van der Waals surface area contributed by atoms with Crippen molar-refractivity contribution in [1.29, 1.82) is 0 Å². The zero-order chi connectivity index (χ0) is 14.7. The predicted octanol–water partition coefficient (Wildman–Crippen LogP) is 4.76. The summed E-state index contributed by atoms with van der Waals surface area (Å²) in [5.41, 5.74) is 0.163. The van der Waals surface area contributed by atoms with Crippen LogP contribution in [0.1, 0.15) is 48.9 Å². The van der Waals surface area contributed by atoms with Crippen molar-refractivity contribution < 1.29 is 9.53 Å². The van der Waals surface area contributed by atoms with Gasteiger partial charge in [0.05, 0.1) is 0 Å². The molecule has 0 saturated heterocycles. The van der Waals surface area contributed by atoms with Gasteiger partial charge in [0.1, 0.15) is 5.60 Å². The Hall–Kier alpha value is -1.67. The van der Waals surface area contributed by atoms with E-state index in [0.29, 0.717) is 0 Å². The first-order valence-electron chi connectivity index (χ1n) is 7.84. The quantitative estimate of drug-likeness (QED) is 0.599. The third-order valence-electron chi connectivity index (χ3n) is 4.73. The first-order chi connectivity index (χ1) is 10.2. The summed E-state index contributed by atoms with van der Waals surface area (Å²) in [7, 11) is 1.68. The van der Waals surface area contributed by atoms with Gasteiger partial charge in [-0.1, -0.05) is 62.1 Å². The molecule has 0 bridgehead atoms. The van der Waals surface area contributed by atoms with Crippen molar-refractivity contribution in [1.82, 2.24) is 0 Å². The lowest BCUT2D eigenvalue weighted by atomic mass is 9.85. The largest absolute Gasteiger partial charge is 0.370 e. The SMILES string of the molecule is COC1(C(=O)c2ccc3ccccc3c2)CCCCCC1. The van der Waals surface area contributed by atoms with Crippen LogP contribution in [0, 0.1) is 0 Å². The van der Waals surface area contributed by atoms with Gasteiger partial charge >= 0.3 is 0 Å². The number of Topliss-reactive ketones (excluding diaryl/α,β-unsaturated/α-hetero) is 1. The van der Waals surface area contributed by atoms with Crippen molar-refractivity contribution in [2.45, 2.75) is 44.1 Å². The van der Waals surface area contributed by atoms with E-state index in [-0.39, 0.29) is 5.78 Å². The smallest absolute Gasteiger partial charge is 0.194 e. The lowest BCUT2D eigenvalue weighted by Gasteiger charge is -2.29. The van der Waals surface area contributed by atoms with Gasteiger partial charge in [-0.05, 0) is 29.7 Å². The Bertz CT molecular complexity index is 637. The second-order valence-electron chi connectivity index (χ2n) is 6.00. The van der Waals surface area contributed by atoms with Gasteiger partial charge in [-0.3, -0.25) is 4.79 Å². The van der Waals surface area contributed by atoms with Gasteiger partial charge in [0, 0.05) is 12.7 Å². The molecule has 0 spiro atoms. The molecule has 0 heterocycles. The summed E-state index contributed by atoms with van der Waals surface area (Å²) in [6.07, 6.45) is 6.25. The summed E-state index contributed by atoms with van der Waals surface area (Å²) in [5.74, 6) is 0.151. The Kier molecular flexibility index (Phi) is 4.07. The zero-order valence-corrected chi connectivity index (χ0v) is 12.6. The van der Waals surface area contributed by atoms with Gasteiger partial charge in [-0.15, -0.1) is 0 Å². The van der Waals surface area contributed by atoms with E-state index in [1.807, 2.05) is 30.3 Å². The Morgan fingerprint density at radius 1 is 0.952 bits per heavy atom. The zero-order valence-electron chi connectivity index (χ0n) is 12.6. The first kappa shape index (κ1) is 14.3. The average molecular weight is 282 g/mol. The van der Waals surface area contributed by atoms with Crippen LogP contribution in [0.2, 0.25) is 0 Å². The van der Waals surface area contributed by atoms with Crippen molar-refractivity contribution in [3.05, 3.63) is 48.0 Å². The summed E-state index contributed by atoms with van der Waals surface area (Å²) in [5, 5.41) is 2.28. The second-order valence-corrected chi connectivity index (χ2v) is 6.00. The molecule has 2 nitrogen and oxygen atoms in total. The summed E-state index contributed by atoms with van der Waals surface area (Å²) < 4.78 is 5.74. The number of carbonyl (C=O) groups is 1. The maximum Gasteiger partial charge on any atom is 0.194 e. The Labute approximate surface area is 126 Å². The lowest BCUT2D eigenvalue weighted by molar-refractivity contribution is -0.00691. The van der Waals surface area contributed by atoms with Crippen LogP contribution >= 0.6 is 0 Å². The maximum absolute atomic E-state index is 13.0. The number of hydrogen-bond acceptors (Lipinski definition) is 2. The fourth-order valence-corrected chi connectivity index (χ4v) is 3.42. The number of ketones is 1. The Morgan fingerprint density at radius 3 is 2.29 bits per heavy atom. The van der Waals surface area contributed by atoms with Crippen LogP contribution < -0.4 is 0 Å². The van der Waals surface area contributed by atoms with Crippen molar-refractivity contribution in [3.8, 4) is 0 Å². The maximum atomic E-state index is 13.0. The van der Waals surface area contributed by atoms with Gasteiger partial charge in [0.2, 0.25) is 0 Å². The van der Waals surface area contributed by atoms with Gasteiger partial charge in [0.25, 0.3) is 0 Å². The van der Waals surface area contributed by atoms with Crippen LogP contribution in [0.5, 0.6) is 0 Å². The van der Waals surface area contributed by atoms with Crippen LogP contribution in [0.4, 0.5) is 0 Å². The van der Waals surface area contributed by atoms with Crippen LogP contribution in [0.15, 0.2) is 42.5 Å². The molecule has 110 valence electrons. The van der Waals surface area contributed by atoms with E-state index < -0.39 is 5.60 Å². The number of fused-ring (bicyclic) bond motifs is 1. The summed E-state index contributed by atoms with van der Waals surface area (Å²) in [6.45, 7) is 0. The van der Waals surface area contributed by atoms with E-state index in [4.69, 9.17) is 4.74 Å². The molecule has 1 aliphatic carbocycles. The van der Waals surface area contributed by atoms with Crippen LogP contribution in [-0.2, 0) is 4.74 Å². The molecule has 0 N–H and O–H groups in total. The van der Waals surface area contributed by atoms with Crippen LogP contribution in [0.25, 0.3) is 10.8 Å². The van der Waals surface area contributed by atoms with Crippen molar-refractivity contribution in [3.63, 3.8) is 0 Å². The van der Waals surface area contributed by atoms with Gasteiger partial charge in [-0.2, -0.15) is 0 Å². The van der Waals surface area contributed by atoms with E-state index in [9.17, 15) is 4.79 Å². The predicted molar refractivity (Wildman–Crippen MR) is 85.7 cm³/mol. The minimum atomic E-state index is -0.612. The first-order valence-corrected chi connectivity index (χ1v) is 7.84. The Morgan fingerprint density at radius 2 is 1.62 bits per heavy atom. The van der Waals surface area contributed by atoms with Gasteiger partial charge in [0.15, 0.2) is 5.78 Å². The van der Waals surface area contributed by atoms with Crippen LogP contribution in [-0.4, -0.2) is 18.5 Å². The molecule has 2 aromatic carbocycles. The molecule has 0 atom stereocenters. The van der Waals surface area contributed by atoms with E-state index in [2.05, 4.69) is 12.1 Å². The number of rotatable bonds is 3. The van der Waals surface area contributed by atoms with Gasteiger partial charge < -0.3 is 4.74 Å². The molecule has 0 aliphatic heterocycles. The average Bonchev–Trinajstić information content (AvgIpc) is 2.80. The minimum Gasteiger partial charge on any atom is -0.370 e. The Balaban J connectivity index is 1.97. The number of ether oxygens (including phenoxy) is 1. The molecule has 1 saturated carbocycles. The number of carbonyl (C=O) groups excluding carboxylic acids is 1. The molecule has 0 unspecified atom stereocenters. The molecule has 0 radical (unpaired) electrons. The van der Waals surface area contributed by atoms with E-state index in [1.54, 1.807) is 7.11 Å². The van der Waals surface area contributed by atoms with E-state index in [0.717, 1.165) is 36.6 Å². The van der Waals surface area contributed by atoms with Crippen molar-refractivity contribution >= 4 is 16.6 Å². The molecule has 2 aromatic rings. The normalized spacial score (nSPS) is 18.3. The fourth-order valence-electron chi connectivity index (χ4n) is 3.42. The van der Waals surface area contributed by atoms with Gasteiger partial charge in [-0.25, -0.2) is 0 Å². The topological polar surface area (TPSA) is 26.3 Å². The number of methoxy groups -OCH3 is 1.